The lowest BCUT2D eigenvalue weighted by molar-refractivity contribution is 0.547. The third-order valence-corrected chi connectivity index (χ3v) is 7.12. The van der Waals surface area contributed by atoms with Crippen LogP contribution in [0.4, 0.5) is 0 Å². The molecular weight excluding hydrogens is 434 g/mol. The van der Waals surface area contributed by atoms with Gasteiger partial charge in [-0.15, -0.1) is 10.2 Å². The fourth-order valence-corrected chi connectivity index (χ4v) is 5.43. The molecule has 7 heteroatoms. The van der Waals surface area contributed by atoms with Crippen LogP contribution in [0.2, 0.25) is 0 Å². The molecule has 5 aromatic rings. The fraction of sp³-hybridized carbons (Fsp3) is 0.321. The lowest BCUT2D eigenvalue weighted by Crippen LogP contribution is -2.13. The number of H-pyrrole nitrogens is 1. The van der Waals surface area contributed by atoms with E-state index in [0.29, 0.717) is 11.7 Å². The molecule has 0 bridgehead atoms. The van der Waals surface area contributed by atoms with Gasteiger partial charge in [-0.2, -0.15) is 5.21 Å². The summed E-state index contributed by atoms with van der Waals surface area (Å²) in [6, 6.07) is 17.5. The smallest absolute Gasteiger partial charge is 0.205 e. The minimum atomic E-state index is 0.243. The zero-order chi connectivity index (χ0) is 24.1. The van der Waals surface area contributed by atoms with Gasteiger partial charge in [-0.05, 0) is 65.3 Å². The van der Waals surface area contributed by atoms with Gasteiger partial charge in [0.2, 0.25) is 5.82 Å². The molecule has 176 valence electrons. The highest BCUT2D eigenvalue weighted by atomic mass is 15.5. The SMILES string of the molecule is CCc1cc(C)c2nc(C(C)C)n([C@H]3CCc4cc(-c5ccccc5-c5nn[nH]n5)ccc43)c2n1. The van der Waals surface area contributed by atoms with E-state index in [1.54, 1.807) is 0 Å². The Hall–Kier alpha value is -3.87. The van der Waals surface area contributed by atoms with E-state index in [-0.39, 0.29) is 6.04 Å². The monoisotopic (exact) mass is 463 g/mol. The van der Waals surface area contributed by atoms with E-state index < -0.39 is 0 Å². The van der Waals surface area contributed by atoms with Gasteiger partial charge in [0.05, 0.1) is 6.04 Å². The predicted molar refractivity (Wildman–Crippen MR) is 137 cm³/mol. The van der Waals surface area contributed by atoms with Gasteiger partial charge in [0.15, 0.2) is 5.65 Å². The molecule has 3 heterocycles. The molecule has 2 aromatic carbocycles. The van der Waals surface area contributed by atoms with Crippen LogP contribution in [-0.2, 0) is 12.8 Å². The number of fused-ring (bicyclic) bond motifs is 2. The number of pyridine rings is 1. The van der Waals surface area contributed by atoms with Crippen LogP contribution in [0, 0.1) is 6.92 Å². The first-order valence-electron chi connectivity index (χ1n) is 12.4. The predicted octanol–water partition coefficient (Wildman–Crippen LogP) is 5.81. The number of hydrogen-bond donors (Lipinski definition) is 1. The van der Waals surface area contributed by atoms with Crippen molar-refractivity contribution in [3.05, 3.63) is 76.7 Å². The summed E-state index contributed by atoms with van der Waals surface area (Å²) in [7, 11) is 0. The number of nitrogens with zero attached hydrogens (tertiary/aromatic N) is 6. The Morgan fingerprint density at radius 2 is 1.89 bits per heavy atom. The highest BCUT2D eigenvalue weighted by Gasteiger charge is 2.30. The number of imidazole rings is 1. The summed E-state index contributed by atoms with van der Waals surface area (Å²) in [6.07, 6.45) is 3.00. The Morgan fingerprint density at radius 3 is 2.63 bits per heavy atom. The molecule has 0 saturated carbocycles. The van der Waals surface area contributed by atoms with Gasteiger partial charge in [0, 0.05) is 17.2 Å². The molecule has 1 aliphatic carbocycles. The number of rotatable bonds is 5. The molecule has 1 N–H and O–H groups in total. The number of aromatic nitrogens is 7. The first-order valence-corrected chi connectivity index (χ1v) is 12.4. The summed E-state index contributed by atoms with van der Waals surface area (Å²) in [5.74, 6) is 2.05. The topological polar surface area (TPSA) is 85.2 Å². The molecule has 0 fully saturated rings. The van der Waals surface area contributed by atoms with Gasteiger partial charge >= 0.3 is 0 Å². The molecule has 7 nitrogen and oxygen atoms in total. The van der Waals surface area contributed by atoms with Crippen molar-refractivity contribution >= 4 is 11.2 Å². The van der Waals surface area contributed by atoms with Gasteiger partial charge < -0.3 is 4.57 Å². The average Bonchev–Trinajstić information content (AvgIpc) is 3.62. The van der Waals surface area contributed by atoms with Crippen LogP contribution in [0.15, 0.2) is 48.5 Å². The Bertz CT molecular complexity index is 1530. The molecule has 35 heavy (non-hydrogen) atoms. The van der Waals surface area contributed by atoms with Gasteiger partial charge in [0.1, 0.15) is 11.3 Å². The fourth-order valence-electron chi connectivity index (χ4n) is 5.43. The van der Waals surface area contributed by atoms with Crippen molar-refractivity contribution < 1.29 is 0 Å². The highest BCUT2D eigenvalue weighted by molar-refractivity contribution is 5.81. The Balaban J connectivity index is 1.47. The number of aryl methyl sites for hydroxylation is 3. The lowest BCUT2D eigenvalue weighted by atomic mass is 9.95. The number of aromatic amines is 1. The van der Waals surface area contributed by atoms with E-state index in [4.69, 9.17) is 9.97 Å². The zero-order valence-corrected chi connectivity index (χ0v) is 20.6. The van der Waals surface area contributed by atoms with E-state index in [1.807, 2.05) is 12.1 Å². The first-order chi connectivity index (χ1) is 17.0. The summed E-state index contributed by atoms with van der Waals surface area (Å²) < 4.78 is 2.42. The Morgan fingerprint density at radius 1 is 1.06 bits per heavy atom. The maximum Gasteiger partial charge on any atom is 0.205 e. The highest BCUT2D eigenvalue weighted by Crippen LogP contribution is 2.41. The maximum atomic E-state index is 5.09. The van der Waals surface area contributed by atoms with Crippen LogP contribution < -0.4 is 0 Å². The Kier molecular flexibility index (Phi) is 5.20. The molecule has 0 aliphatic heterocycles. The van der Waals surface area contributed by atoms with E-state index in [0.717, 1.165) is 53.1 Å². The molecule has 0 radical (unpaired) electrons. The minimum absolute atomic E-state index is 0.243. The van der Waals surface area contributed by atoms with E-state index in [1.165, 1.54) is 22.3 Å². The van der Waals surface area contributed by atoms with Crippen molar-refractivity contribution in [3.8, 4) is 22.5 Å². The lowest BCUT2D eigenvalue weighted by Gasteiger charge is -2.20. The van der Waals surface area contributed by atoms with Crippen LogP contribution in [0.3, 0.4) is 0 Å². The number of nitrogens with one attached hydrogen (secondary N) is 1. The molecule has 3 aromatic heterocycles. The average molecular weight is 464 g/mol. The van der Waals surface area contributed by atoms with Crippen molar-refractivity contribution in [2.45, 2.75) is 58.9 Å². The summed E-state index contributed by atoms with van der Waals surface area (Å²) in [6.45, 7) is 8.76. The number of benzene rings is 2. The molecule has 1 atom stereocenters. The van der Waals surface area contributed by atoms with Crippen LogP contribution in [0.5, 0.6) is 0 Å². The molecule has 0 spiro atoms. The molecule has 6 rings (SSSR count). The van der Waals surface area contributed by atoms with Crippen molar-refractivity contribution in [1.82, 2.24) is 35.2 Å². The van der Waals surface area contributed by atoms with Gasteiger partial charge in [-0.25, -0.2) is 9.97 Å². The van der Waals surface area contributed by atoms with Crippen molar-refractivity contribution in [1.29, 1.82) is 0 Å². The third kappa shape index (κ3) is 3.53. The van der Waals surface area contributed by atoms with Crippen molar-refractivity contribution in [2.75, 3.05) is 0 Å². The van der Waals surface area contributed by atoms with Crippen LogP contribution >= 0.6 is 0 Å². The number of tetrazole rings is 1. The van der Waals surface area contributed by atoms with Crippen molar-refractivity contribution in [2.24, 2.45) is 0 Å². The second-order valence-electron chi connectivity index (χ2n) is 9.70. The summed E-state index contributed by atoms with van der Waals surface area (Å²) in [5.41, 5.74) is 10.4. The largest absolute Gasteiger partial charge is 0.305 e. The second kappa shape index (κ2) is 8.41. The Labute approximate surface area is 204 Å². The van der Waals surface area contributed by atoms with Crippen LogP contribution in [0.1, 0.15) is 67.4 Å². The van der Waals surface area contributed by atoms with Gasteiger partial charge in [-0.3, -0.25) is 0 Å². The van der Waals surface area contributed by atoms with Gasteiger partial charge in [0.25, 0.3) is 0 Å². The molecule has 1 aliphatic rings. The molecule has 0 saturated heterocycles. The minimum Gasteiger partial charge on any atom is -0.305 e. The molecule has 0 unspecified atom stereocenters. The number of hydrogen-bond acceptors (Lipinski definition) is 5. The van der Waals surface area contributed by atoms with E-state index >= 15 is 0 Å². The molecule has 0 amide bonds. The summed E-state index contributed by atoms with van der Waals surface area (Å²) >= 11 is 0. The summed E-state index contributed by atoms with van der Waals surface area (Å²) in [5, 5.41) is 14.7. The molecular formula is C28H29N7. The first kappa shape index (κ1) is 21.6. The van der Waals surface area contributed by atoms with Gasteiger partial charge in [-0.1, -0.05) is 63.2 Å². The van der Waals surface area contributed by atoms with E-state index in [9.17, 15) is 0 Å². The third-order valence-electron chi connectivity index (χ3n) is 7.12. The maximum absolute atomic E-state index is 5.09. The van der Waals surface area contributed by atoms with Crippen molar-refractivity contribution in [3.63, 3.8) is 0 Å². The quantitative estimate of drug-likeness (QED) is 0.356. The normalized spacial score (nSPS) is 15.3. The van der Waals surface area contributed by atoms with Crippen LogP contribution in [-0.4, -0.2) is 35.2 Å². The standard InChI is InChI=1S/C28H29N7/c1-5-20-14-17(4)25-28(29-20)35(27(30-25)16(2)3)24-13-11-19-15-18(10-12-22(19)24)21-8-6-7-9-23(21)26-31-33-34-32-26/h6-10,12,14-16,24H,5,11,13H2,1-4H3,(H,31,32,33,34)/t24-/m0/s1. The summed E-state index contributed by atoms with van der Waals surface area (Å²) in [4.78, 5) is 10.1. The zero-order valence-electron chi connectivity index (χ0n) is 20.6. The van der Waals surface area contributed by atoms with Crippen LogP contribution in [0.25, 0.3) is 33.7 Å². The second-order valence-corrected chi connectivity index (χ2v) is 9.70. The van der Waals surface area contributed by atoms with E-state index in [2.05, 4.69) is 89.3 Å².